The van der Waals surface area contributed by atoms with Crippen LogP contribution >= 0.6 is 0 Å². The van der Waals surface area contributed by atoms with E-state index < -0.39 is 5.97 Å². The molecule has 0 aromatic carbocycles. The first-order valence-electron chi connectivity index (χ1n) is 6.87. The molecule has 0 aliphatic rings. The number of aromatic nitrogens is 2. The molecule has 2 N–H and O–H groups in total. The standard InChI is InChI=1S/C15H19N3O3/c1-4-21-15(20)12-7-16-14-11(6-5-9(2)18-14)13(12)17-10(3)8-19/h5-7,10,19H,4,8H2,1-3H3,(H,16,17,18). The first kappa shape index (κ1) is 15.2. The highest BCUT2D eigenvalue weighted by atomic mass is 16.5. The molecular formula is C15H19N3O3. The number of hydrogen-bond donors (Lipinski definition) is 2. The van der Waals surface area contributed by atoms with E-state index in [1.54, 1.807) is 6.92 Å². The fourth-order valence-corrected chi connectivity index (χ4v) is 1.98. The molecule has 21 heavy (non-hydrogen) atoms. The molecule has 2 heterocycles. The van der Waals surface area contributed by atoms with Gasteiger partial charge in [-0.1, -0.05) is 0 Å². The van der Waals surface area contributed by atoms with Crippen LogP contribution in [0.15, 0.2) is 18.3 Å². The molecule has 2 rings (SSSR count). The van der Waals surface area contributed by atoms with Gasteiger partial charge in [-0.05, 0) is 32.9 Å². The van der Waals surface area contributed by atoms with Crippen molar-refractivity contribution < 1.29 is 14.6 Å². The quantitative estimate of drug-likeness (QED) is 0.818. The third-order valence-electron chi connectivity index (χ3n) is 3.03. The number of ether oxygens (including phenoxy) is 1. The first-order valence-corrected chi connectivity index (χ1v) is 6.87. The Hall–Kier alpha value is -2.21. The van der Waals surface area contributed by atoms with Crippen molar-refractivity contribution >= 4 is 22.7 Å². The molecule has 0 aliphatic carbocycles. The highest BCUT2D eigenvalue weighted by Gasteiger charge is 2.18. The van der Waals surface area contributed by atoms with Crippen LogP contribution in [0.25, 0.3) is 11.0 Å². The van der Waals surface area contributed by atoms with E-state index in [4.69, 9.17) is 4.74 Å². The summed E-state index contributed by atoms with van der Waals surface area (Å²) in [5.74, 6) is -0.444. The summed E-state index contributed by atoms with van der Waals surface area (Å²) in [7, 11) is 0. The molecule has 2 aromatic heterocycles. The van der Waals surface area contributed by atoms with Crippen molar-refractivity contribution in [1.29, 1.82) is 0 Å². The van der Waals surface area contributed by atoms with E-state index in [-0.39, 0.29) is 19.3 Å². The molecule has 6 heteroatoms. The number of carbonyl (C=O) groups is 1. The third-order valence-corrected chi connectivity index (χ3v) is 3.03. The second-order valence-corrected chi connectivity index (χ2v) is 4.82. The number of nitrogens with zero attached hydrogens (tertiary/aromatic N) is 2. The van der Waals surface area contributed by atoms with Gasteiger partial charge in [0.05, 0.1) is 18.9 Å². The van der Waals surface area contributed by atoms with E-state index in [2.05, 4.69) is 15.3 Å². The van der Waals surface area contributed by atoms with E-state index in [0.29, 0.717) is 16.9 Å². The molecule has 1 atom stereocenters. The zero-order valence-corrected chi connectivity index (χ0v) is 12.4. The molecule has 0 fully saturated rings. The van der Waals surface area contributed by atoms with Crippen LogP contribution in [0, 0.1) is 6.92 Å². The summed E-state index contributed by atoms with van der Waals surface area (Å²) in [6, 6.07) is 3.51. The van der Waals surface area contributed by atoms with E-state index in [1.807, 2.05) is 26.0 Å². The van der Waals surface area contributed by atoms with Gasteiger partial charge >= 0.3 is 5.97 Å². The van der Waals surface area contributed by atoms with Crippen LogP contribution in [0.2, 0.25) is 0 Å². The highest BCUT2D eigenvalue weighted by molar-refractivity contribution is 6.04. The van der Waals surface area contributed by atoms with Crippen molar-refractivity contribution in [2.45, 2.75) is 26.8 Å². The van der Waals surface area contributed by atoms with Crippen molar-refractivity contribution in [2.75, 3.05) is 18.5 Å². The summed E-state index contributed by atoms with van der Waals surface area (Å²) in [5.41, 5.74) is 2.33. The van der Waals surface area contributed by atoms with Crippen LogP contribution in [0.1, 0.15) is 29.9 Å². The number of aryl methyl sites for hydroxylation is 1. The minimum atomic E-state index is -0.444. The number of carbonyl (C=O) groups excluding carboxylic acids is 1. The monoisotopic (exact) mass is 289 g/mol. The Labute approximate surface area is 123 Å². The minimum absolute atomic E-state index is 0.0502. The summed E-state index contributed by atoms with van der Waals surface area (Å²) in [6.45, 7) is 5.69. The topological polar surface area (TPSA) is 84.3 Å². The van der Waals surface area contributed by atoms with Gasteiger partial charge in [-0.2, -0.15) is 0 Å². The SMILES string of the molecule is CCOC(=O)c1cnc2nc(C)ccc2c1NC(C)CO. The Bertz CT molecular complexity index is 658. The van der Waals surface area contributed by atoms with Crippen molar-refractivity contribution in [2.24, 2.45) is 0 Å². The van der Waals surface area contributed by atoms with Gasteiger partial charge in [-0.15, -0.1) is 0 Å². The molecule has 0 bridgehead atoms. The van der Waals surface area contributed by atoms with Gasteiger partial charge in [-0.25, -0.2) is 14.8 Å². The summed E-state index contributed by atoms with van der Waals surface area (Å²) < 4.78 is 5.05. The lowest BCUT2D eigenvalue weighted by Crippen LogP contribution is -2.22. The maximum atomic E-state index is 12.1. The molecule has 0 amide bonds. The van der Waals surface area contributed by atoms with Crippen LogP contribution < -0.4 is 5.32 Å². The van der Waals surface area contributed by atoms with Crippen molar-refractivity contribution in [3.05, 3.63) is 29.6 Å². The van der Waals surface area contributed by atoms with E-state index in [0.717, 1.165) is 11.1 Å². The zero-order valence-electron chi connectivity index (χ0n) is 12.4. The van der Waals surface area contributed by atoms with E-state index in [1.165, 1.54) is 6.20 Å². The second kappa shape index (κ2) is 6.49. The summed E-state index contributed by atoms with van der Waals surface area (Å²) >= 11 is 0. The third kappa shape index (κ3) is 3.28. The fourth-order valence-electron chi connectivity index (χ4n) is 1.98. The number of aliphatic hydroxyl groups is 1. The van der Waals surface area contributed by atoms with E-state index >= 15 is 0 Å². The van der Waals surface area contributed by atoms with Crippen molar-refractivity contribution in [1.82, 2.24) is 9.97 Å². The molecule has 0 radical (unpaired) electrons. The number of nitrogens with one attached hydrogen (secondary N) is 1. The lowest BCUT2D eigenvalue weighted by atomic mass is 10.1. The Morgan fingerprint density at radius 2 is 2.24 bits per heavy atom. The average molecular weight is 289 g/mol. The molecule has 112 valence electrons. The predicted octanol–water partition coefficient (Wildman–Crippen LogP) is 1.91. The van der Waals surface area contributed by atoms with Gasteiger partial charge in [0, 0.05) is 23.3 Å². The summed E-state index contributed by atoms with van der Waals surface area (Å²) in [4.78, 5) is 20.6. The number of fused-ring (bicyclic) bond motifs is 1. The van der Waals surface area contributed by atoms with Gasteiger partial charge in [0.15, 0.2) is 5.65 Å². The normalized spacial score (nSPS) is 12.2. The maximum Gasteiger partial charge on any atom is 0.341 e. The fraction of sp³-hybridized carbons (Fsp3) is 0.400. The lowest BCUT2D eigenvalue weighted by molar-refractivity contribution is 0.0527. The van der Waals surface area contributed by atoms with Gasteiger partial charge in [0.2, 0.25) is 0 Å². The zero-order chi connectivity index (χ0) is 15.4. The predicted molar refractivity (Wildman–Crippen MR) is 80.4 cm³/mol. The van der Waals surface area contributed by atoms with Crippen LogP contribution in [0.3, 0.4) is 0 Å². The Kier molecular flexibility index (Phi) is 4.70. The minimum Gasteiger partial charge on any atom is -0.462 e. The number of esters is 1. The largest absolute Gasteiger partial charge is 0.462 e. The lowest BCUT2D eigenvalue weighted by Gasteiger charge is -2.17. The average Bonchev–Trinajstić information content (AvgIpc) is 2.47. The number of rotatable bonds is 5. The Balaban J connectivity index is 2.59. The highest BCUT2D eigenvalue weighted by Crippen LogP contribution is 2.26. The van der Waals surface area contributed by atoms with Gasteiger partial charge in [0.25, 0.3) is 0 Å². The molecule has 0 spiro atoms. The second-order valence-electron chi connectivity index (χ2n) is 4.82. The molecule has 0 saturated carbocycles. The molecular weight excluding hydrogens is 270 g/mol. The van der Waals surface area contributed by atoms with Crippen LogP contribution in [0.5, 0.6) is 0 Å². The van der Waals surface area contributed by atoms with Gasteiger partial charge < -0.3 is 15.2 Å². The number of hydrogen-bond acceptors (Lipinski definition) is 6. The van der Waals surface area contributed by atoms with Gasteiger partial charge in [-0.3, -0.25) is 0 Å². The van der Waals surface area contributed by atoms with Gasteiger partial charge in [0.1, 0.15) is 5.56 Å². The van der Waals surface area contributed by atoms with Crippen LogP contribution in [-0.2, 0) is 4.74 Å². The van der Waals surface area contributed by atoms with Crippen molar-refractivity contribution in [3.63, 3.8) is 0 Å². The molecule has 2 aromatic rings. The smallest absolute Gasteiger partial charge is 0.341 e. The van der Waals surface area contributed by atoms with Crippen LogP contribution in [0.4, 0.5) is 5.69 Å². The van der Waals surface area contributed by atoms with Crippen LogP contribution in [-0.4, -0.2) is 40.3 Å². The number of pyridine rings is 2. The first-order chi connectivity index (χ1) is 10.1. The molecule has 1 unspecified atom stereocenters. The maximum absolute atomic E-state index is 12.1. The number of aliphatic hydroxyl groups excluding tert-OH is 1. The Morgan fingerprint density at radius 1 is 1.48 bits per heavy atom. The summed E-state index contributed by atoms with van der Waals surface area (Å²) in [5, 5.41) is 13.1. The molecule has 0 aliphatic heterocycles. The number of anilines is 1. The van der Waals surface area contributed by atoms with E-state index in [9.17, 15) is 9.90 Å². The summed E-state index contributed by atoms with van der Waals surface area (Å²) in [6.07, 6.45) is 1.46. The molecule has 6 nitrogen and oxygen atoms in total. The Morgan fingerprint density at radius 3 is 2.90 bits per heavy atom. The molecule has 0 saturated heterocycles. The van der Waals surface area contributed by atoms with Crippen molar-refractivity contribution in [3.8, 4) is 0 Å².